The molecule has 7 rings (SSSR count). The minimum absolute atomic E-state index is 0.0000989. The van der Waals surface area contributed by atoms with Crippen LogP contribution in [0.2, 0.25) is 0 Å². The van der Waals surface area contributed by atoms with Crippen molar-refractivity contribution >= 4 is 23.2 Å². The summed E-state index contributed by atoms with van der Waals surface area (Å²) >= 11 is 1.44. The Labute approximate surface area is 320 Å². The molecule has 54 heavy (non-hydrogen) atoms. The number of carbonyl (C=O) groups is 2. The smallest absolute Gasteiger partial charge is 0.270 e. The summed E-state index contributed by atoms with van der Waals surface area (Å²) in [6.45, 7) is 13.3. The average Bonchev–Trinajstić information content (AvgIpc) is 3.60. The van der Waals surface area contributed by atoms with E-state index in [1.165, 1.54) is 28.5 Å². The molecule has 0 bridgehead atoms. The first-order chi connectivity index (χ1) is 26.1. The summed E-state index contributed by atoms with van der Waals surface area (Å²) in [6.07, 6.45) is 3.83. The molecule has 2 saturated heterocycles. The van der Waals surface area contributed by atoms with E-state index in [2.05, 4.69) is 73.8 Å². The van der Waals surface area contributed by atoms with E-state index in [0.29, 0.717) is 49.2 Å². The van der Waals surface area contributed by atoms with Crippen LogP contribution in [0.3, 0.4) is 0 Å². The zero-order valence-corrected chi connectivity index (χ0v) is 32.1. The molecule has 2 amide bonds. The lowest BCUT2D eigenvalue weighted by Gasteiger charge is -2.36. The van der Waals surface area contributed by atoms with Gasteiger partial charge in [-0.3, -0.25) is 19.4 Å². The molecular formula is C41H50FN7O4S. The Balaban J connectivity index is 1.04. The van der Waals surface area contributed by atoms with Crippen LogP contribution in [-0.4, -0.2) is 95.1 Å². The lowest BCUT2D eigenvalue weighted by molar-refractivity contribution is 0.0342. The van der Waals surface area contributed by atoms with Crippen molar-refractivity contribution in [1.29, 1.82) is 0 Å². The highest BCUT2D eigenvalue weighted by atomic mass is 32.1. The number of thiazole rings is 1. The molecule has 4 aromatic rings. The second kappa shape index (κ2) is 17.5. The largest absolute Gasteiger partial charge is 0.438 e. The summed E-state index contributed by atoms with van der Waals surface area (Å²) in [5.74, 6) is -0.715. The number of piperazine rings is 1. The minimum atomic E-state index is -0.623. The molecule has 1 aliphatic carbocycles. The quantitative estimate of drug-likeness (QED) is 0.171. The van der Waals surface area contributed by atoms with Gasteiger partial charge < -0.3 is 25.4 Å². The SMILES string of the molecule is Cc1nc(C(=O)N[C@H]2CC[C@H](NC(=O)c3cc(F)cnc3Oc3cccc(-c4ccc(CN5C[C@@H](C)N[C@@H](C)C5)cc4CN4CCOCC4)c3)CC2)cs1. The van der Waals surface area contributed by atoms with Crippen molar-refractivity contribution in [1.82, 2.24) is 35.7 Å². The lowest BCUT2D eigenvalue weighted by Crippen LogP contribution is -2.53. The first-order valence-electron chi connectivity index (χ1n) is 19.0. The molecular weight excluding hydrogens is 706 g/mol. The number of aryl methyl sites for hydroxylation is 1. The number of aromatic nitrogens is 2. The summed E-state index contributed by atoms with van der Waals surface area (Å²) in [7, 11) is 0. The number of pyridine rings is 1. The third kappa shape index (κ3) is 9.88. The highest BCUT2D eigenvalue weighted by Crippen LogP contribution is 2.32. The number of halogens is 1. The Morgan fingerprint density at radius 1 is 0.944 bits per heavy atom. The fourth-order valence-corrected chi connectivity index (χ4v) is 8.46. The molecule has 13 heteroatoms. The Morgan fingerprint density at radius 2 is 1.67 bits per heavy atom. The molecule has 0 radical (unpaired) electrons. The van der Waals surface area contributed by atoms with E-state index in [-0.39, 0.29) is 29.4 Å². The summed E-state index contributed by atoms with van der Waals surface area (Å²) in [6, 6.07) is 16.5. The van der Waals surface area contributed by atoms with E-state index in [1.54, 1.807) is 5.38 Å². The number of hydrogen-bond donors (Lipinski definition) is 3. The van der Waals surface area contributed by atoms with Gasteiger partial charge in [-0.2, -0.15) is 0 Å². The van der Waals surface area contributed by atoms with Gasteiger partial charge in [0.15, 0.2) is 0 Å². The lowest BCUT2D eigenvalue weighted by atomic mass is 9.91. The molecule has 2 aliphatic heterocycles. The second-order valence-electron chi connectivity index (χ2n) is 14.9. The van der Waals surface area contributed by atoms with E-state index in [4.69, 9.17) is 9.47 Å². The standard InChI is InChI=1S/C41H50FN7O4S/c1-26-21-49(22-27(2)44-26)23-29-7-12-36(31(17-29)24-48-13-15-52-16-14-48)30-5-4-6-35(18-30)53-41-37(19-32(42)20-43-41)39(50)46-33-8-10-34(11-9-33)47-40(51)38-25-54-28(3)45-38/h4-7,12,17-20,25-27,33-34,44H,8-11,13-16,21-24H2,1-3H3,(H,46,50)(H,47,51)/t26-,27+,33-,34-. The highest BCUT2D eigenvalue weighted by Gasteiger charge is 2.27. The number of rotatable bonds is 11. The van der Waals surface area contributed by atoms with Crippen LogP contribution in [0.1, 0.15) is 76.5 Å². The molecule has 286 valence electrons. The maximum Gasteiger partial charge on any atom is 0.270 e. The molecule has 0 unspecified atom stereocenters. The fraction of sp³-hybridized carbons (Fsp3) is 0.463. The summed E-state index contributed by atoms with van der Waals surface area (Å²) in [4.78, 5) is 39.6. The second-order valence-corrected chi connectivity index (χ2v) is 16.0. The number of nitrogens with one attached hydrogen (secondary N) is 3. The van der Waals surface area contributed by atoms with Gasteiger partial charge in [-0.1, -0.05) is 30.3 Å². The van der Waals surface area contributed by atoms with Crippen molar-refractivity contribution < 1.29 is 23.5 Å². The predicted octanol–water partition coefficient (Wildman–Crippen LogP) is 5.93. The zero-order chi connectivity index (χ0) is 37.6. The Kier molecular flexibility index (Phi) is 12.3. The van der Waals surface area contributed by atoms with Crippen molar-refractivity contribution in [3.8, 4) is 22.8 Å². The van der Waals surface area contributed by atoms with Gasteiger partial charge in [-0.05, 0) is 86.9 Å². The average molecular weight is 756 g/mol. The maximum absolute atomic E-state index is 14.5. The van der Waals surface area contributed by atoms with Crippen LogP contribution in [0, 0.1) is 12.7 Å². The normalized spacial score (nSPS) is 22.4. The van der Waals surface area contributed by atoms with Gasteiger partial charge in [0.25, 0.3) is 11.8 Å². The van der Waals surface area contributed by atoms with Gasteiger partial charge in [0.2, 0.25) is 5.88 Å². The Morgan fingerprint density at radius 3 is 2.37 bits per heavy atom. The van der Waals surface area contributed by atoms with Gasteiger partial charge in [-0.15, -0.1) is 11.3 Å². The van der Waals surface area contributed by atoms with Crippen LogP contribution in [0.15, 0.2) is 60.1 Å². The monoisotopic (exact) mass is 755 g/mol. The van der Waals surface area contributed by atoms with Crippen molar-refractivity contribution in [2.75, 3.05) is 39.4 Å². The number of ether oxygens (including phenoxy) is 2. The number of benzene rings is 2. The van der Waals surface area contributed by atoms with Crippen LogP contribution in [0.5, 0.6) is 11.6 Å². The predicted molar refractivity (Wildman–Crippen MR) is 207 cm³/mol. The number of amides is 2. The van der Waals surface area contributed by atoms with Crippen molar-refractivity contribution in [2.45, 2.75) is 83.7 Å². The van der Waals surface area contributed by atoms with Crippen LogP contribution in [-0.2, 0) is 17.8 Å². The Hall–Kier alpha value is -4.27. The van der Waals surface area contributed by atoms with Gasteiger partial charge in [0.1, 0.15) is 22.8 Å². The summed E-state index contributed by atoms with van der Waals surface area (Å²) in [5.41, 5.74) is 5.07. The Bertz CT molecular complexity index is 1920. The number of hydrogen-bond acceptors (Lipinski definition) is 10. The zero-order valence-electron chi connectivity index (χ0n) is 31.3. The summed E-state index contributed by atoms with van der Waals surface area (Å²) < 4.78 is 26.4. The van der Waals surface area contributed by atoms with Gasteiger partial charge >= 0.3 is 0 Å². The number of morpholine rings is 1. The molecule has 3 N–H and O–H groups in total. The van der Waals surface area contributed by atoms with Gasteiger partial charge in [0, 0.05) is 68.8 Å². The van der Waals surface area contributed by atoms with Crippen LogP contribution in [0.4, 0.5) is 4.39 Å². The van der Waals surface area contributed by atoms with Crippen molar-refractivity contribution in [3.63, 3.8) is 0 Å². The molecule has 2 atom stereocenters. The third-order valence-electron chi connectivity index (χ3n) is 10.4. The number of carbonyl (C=O) groups excluding carboxylic acids is 2. The molecule has 11 nitrogen and oxygen atoms in total. The van der Waals surface area contributed by atoms with Crippen molar-refractivity contribution in [3.05, 3.63) is 93.3 Å². The van der Waals surface area contributed by atoms with E-state index >= 15 is 0 Å². The van der Waals surface area contributed by atoms with E-state index < -0.39 is 11.7 Å². The fourth-order valence-electron chi connectivity index (χ4n) is 7.87. The molecule has 2 aromatic carbocycles. The first kappa shape index (κ1) is 38.0. The van der Waals surface area contributed by atoms with Crippen LogP contribution in [0.25, 0.3) is 11.1 Å². The molecule has 3 aliphatic rings. The van der Waals surface area contributed by atoms with E-state index in [1.807, 2.05) is 25.1 Å². The maximum atomic E-state index is 14.5. The highest BCUT2D eigenvalue weighted by molar-refractivity contribution is 7.09. The minimum Gasteiger partial charge on any atom is -0.438 e. The van der Waals surface area contributed by atoms with E-state index in [9.17, 15) is 14.0 Å². The van der Waals surface area contributed by atoms with Crippen molar-refractivity contribution in [2.24, 2.45) is 0 Å². The van der Waals surface area contributed by atoms with Crippen LogP contribution >= 0.6 is 11.3 Å². The van der Waals surface area contributed by atoms with Gasteiger partial charge in [-0.25, -0.2) is 14.4 Å². The molecule has 2 aromatic heterocycles. The molecule has 0 spiro atoms. The third-order valence-corrected chi connectivity index (χ3v) is 11.2. The van der Waals surface area contributed by atoms with E-state index in [0.717, 1.165) is 74.8 Å². The molecule has 4 heterocycles. The van der Waals surface area contributed by atoms with Crippen LogP contribution < -0.4 is 20.7 Å². The topological polar surface area (TPSA) is 121 Å². The summed E-state index contributed by atoms with van der Waals surface area (Å²) in [5, 5.41) is 12.3. The number of nitrogens with zero attached hydrogens (tertiary/aromatic N) is 4. The van der Waals surface area contributed by atoms with Gasteiger partial charge in [0.05, 0.1) is 24.4 Å². The first-order valence-corrected chi connectivity index (χ1v) is 19.9. The molecule has 3 fully saturated rings. The molecule has 1 saturated carbocycles.